The fraction of sp³-hybridized carbons (Fsp3) is 0.500. The van der Waals surface area contributed by atoms with Crippen molar-refractivity contribution in [1.82, 2.24) is 5.32 Å². The summed E-state index contributed by atoms with van der Waals surface area (Å²) in [4.78, 5) is 0. The van der Waals surface area contributed by atoms with E-state index >= 15 is 0 Å². The fourth-order valence-electron chi connectivity index (χ4n) is 1.85. The summed E-state index contributed by atoms with van der Waals surface area (Å²) < 4.78 is 38.1. The zero-order valence-electron chi connectivity index (χ0n) is 9.85. The van der Waals surface area contributed by atoms with Gasteiger partial charge in [0.1, 0.15) is 0 Å². The van der Waals surface area contributed by atoms with E-state index in [9.17, 15) is 8.78 Å². The molecule has 0 aliphatic carbocycles. The van der Waals surface area contributed by atoms with Gasteiger partial charge in [-0.3, -0.25) is 0 Å². The predicted molar refractivity (Wildman–Crippen MR) is 59.7 cm³/mol. The largest absolute Gasteiger partial charge is 0.454 e. The van der Waals surface area contributed by atoms with E-state index in [0.717, 1.165) is 0 Å². The number of alkyl halides is 2. The molecule has 1 heterocycles. The van der Waals surface area contributed by atoms with Gasteiger partial charge in [0.2, 0.25) is 6.79 Å². The summed E-state index contributed by atoms with van der Waals surface area (Å²) in [7, 11) is 1.66. The lowest BCUT2D eigenvalue weighted by molar-refractivity contribution is -0.0131. The number of ether oxygens (including phenoxy) is 2. The van der Waals surface area contributed by atoms with Crippen molar-refractivity contribution in [3.63, 3.8) is 0 Å². The Morgan fingerprint density at radius 3 is 2.59 bits per heavy atom. The molecule has 1 aliphatic rings. The monoisotopic (exact) mass is 243 g/mol. The average Bonchev–Trinajstić information content (AvgIpc) is 2.72. The Bertz CT molecular complexity index is 421. The molecule has 17 heavy (non-hydrogen) atoms. The Balaban J connectivity index is 2.31. The van der Waals surface area contributed by atoms with Gasteiger partial charge in [-0.05, 0) is 31.7 Å². The maximum Gasteiger partial charge on any atom is 0.274 e. The molecular weight excluding hydrogens is 228 g/mol. The lowest BCUT2D eigenvalue weighted by Crippen LogP contribution is -2.21. The van der Waals surface area contributed by atoms with Crippen LogP contribution in [0, 0.1) is 6.92 Å². The third-order valence-electron chi connectivity index (χ3n) is 2.80. The van der Waals surface area contributed by atoms with Crippen molar-refractivity contribution in [2.75, 3.05) is 20.4 Å². The van der Waals surface area contributed by atoms with Crippen LogP contribution in [0.4, 0.5) is 8.78 Å². The first kappa shape index (κ1) is 12.1. The number of rotatable bonds is 4. The van der Waals surface area contributed by atoms with Crippen LogP contribution in [0.1, 0.15) is 17.5 Å². The molecule has 1 N–H and O–H groups in total. The van der Waals surface area contributed by atoms with Gasteiger partial charge >= 0.3 is 0 Å². The van der Waals surface area contributed by atoms with Crippen molar-refractivity contribution < 1.29 is 18.3 Å². The van der Waals surface area contributed by atoms with E-state index in [1.807, 2.05) is 0 Å². The first-order chi connectivity index (χ1) is 8.04. The summed E-state index contributed by atoms with van der Waals surface area (Å²) >= 11 is 0. The van der Waals surface area contributed by atoms with Crippen LogP contribution in [0.5, 0.6) is 11.5 Å². The van der Waals surface area contributed by atoms with E-state index in [0.29, 0.717) is 17.1 Å². The van der Waals surface area contributed by atoms with E-state index in [-0.39, 0.29) is 25.3 Å². The topological polar surface area (TPSA) is 30.5 Å². The fourth-order valence-corrected chi connectivity index (χ4v) is 1.85. The Labute approximate surface area is 98.7 Å². The van der Waals surface area contributed by atoms with Crippen LogP contribution in [0.15, 0.2) is 12.1 Å². The number of halogens is 2. The lowest BCUT2D eigenvalue weighted by Gasteiger charge is -2.19. The second-order valence-corrected chi connectivity index (χ2v) is 4.08. The second-order valence-electron chi connectivity index (χ2n) is 4.08. The normalized spacial score (nSPS) is 14.1. The van der Waals surface area contributed by atoms with E-state index in [1.165, 1.54) is 6.07 Å². The molecule has 1 aromatic carbocycles. The molecule has 2 rings (SSSR count). The van der Waals surface area contributed by atoms with Crippen LogP contribution < -0.4 is 14.8 Å². The van der Waals surface area contributed by atoms with Gasteiger partial charge in [0.15, 0.2) is 11.5 Å². The summed E-state index contributed by atoms with van der Waals surface area (Å²) in [5, 5.41) is 2.73. The van der Waals surface area contributed by atoms with Crippen LogP contribution >= 0.6 is 0 Å². The smallest absolute Gasteiger partial charge is 0.274 e. The van der Waals surface area contributed by atoms with Crippen LogP contribution in [0.25, 0.3) is 0 Å². The molecule has 0 atom stereocenters. The summed E-state index contributed by atoms with van der Waals surface area (Å²) in [5.74, 6) is -1.92. The maximum absolute atomic E-state index is 13.9. The molecule has 0 saturated carbocycles. The summed E-state index contributed by atoms with van der Waals surface area (Å²) in [5.41, 5.74) is 0.535. The predicted octanol–water partition coefficient (Wildman–Crippen LogP) is 2.43. The molecule has 0 unspecified atom stereocenters. The number of nitrogens with one attached hydrogen (secondary N) is 1. The molecule has 0 spiro atoms. The zero-order valence-corrected chi connectivity index (χ0v) is 9.85. The van der Waals surface area contributed by atoms with Gasteiger partial charge in [-0.25, -0.2) is 8.78 Å². The zero-order chi connectivity index (χ0) is 12.5. The van der Waals surface area contributed by atoms with Crippen LogP contribution in [0.3, 0.4) is 0 Å². The summed E-state index contributed by atoms with van der Waals surface area (Å²) in [6.07, 6.45) is -0.232. The number of aryl methyl sites for hydroxylation is 1. The molecule has 0 radical (unpaired) electrons. The third-order valence-corrected chi connectivity index (χ3v) is 2.80. The Morgan fingerprint density at radius 1 is 1.29 bits per heavy atom. The molecule has 0 fully saturated rings. The number of benzene rings is 1. The molecule has 1 aliphatic heterocycles. The standard InChI is InChI=1S/C12H15F2NO2/c1-8-5-10-11(17-7-16-10)6-9(8)12(13,14)3-4-15-2/h5-6,15H,3-4,7H2,1-2H3. The van der Waals surface area contributed by atoms with Gasteiger partial charge < -0.3 is 14.8 Å². The van der Waals surface area contributed by atoms with Gasteiger partial charge in [-0.15, -0.1) is 0 Å². The molecule has 3 nitrogen and oxygen atoms in total. The minimum absolute atomic E-state index is 0.0111. The highest BCUT2D eigenvalue weighted by molar-refractivity contribution is 5.49. The van der Waals surface area contributed by atoms with Crippen molar-refractivity contribution in [1.29, 1.82) is 0 Å². The molecule has 5 heteroatoms. The van der Waals surface area contributed by atoms with Gasteiger partial charge in [-0.1, -0.05) is 0 Å². The summed E-state index contributed by atoms with van der Waals surface area (Å²) in [6.45, 7) is 2.02. The minimum atomic E-state index is -2.85. The third kappa shape index (κ3) is 2.34. The number of hydrogen-bond donors (Lipinski definition) is 1. The quantitative estimate of drug-likeness (QED) is 0.881. The highest BCUT2D eigenvalue weighted by atomic mass is 19.3. The highest BCUT2D eigenvalue weighted by Gasteiger charge is 2.34. The first-order valence-electron chi connectivity index (χ1n) is 5.48. The van der Waals surface area contributed by atoms with Crippen LogP contribution in [-0.4, -0.2) is 20.4 Å². The van der Waals surface area contributed by atoms with Crippen molar-refractivity contribution in [3.8, 4) is 11.5 Å². The van der Waals surface area contributed by atoms with Crippen LogP contribution in [-0.2, 0) is 5.92 Å². The van der Waals surface area contributed by atoms with E-state index in [2.05, 4.69) is 5.32 Å². The van der Waals surface area contributed by atoms with Gasteiger partial charge in [0.25, 0.3) is 5.92 Å². The molecule has 0 aromatic heterocycles. The first-order valence-corrected chi connectivity index (χ1v) is 5.48. The highest BCUT2D eigenvalue weighted by Crippen LogP contribution is 2.41. The van der Waals surface area contributed by atoms with Crippen molar-refractivity contribution in [2.45, 2.75) is 19.3 Å². The van der Waals surface area contributed by atoms with E-state index in [4.69, 9.17) is 9.47 Å². The second kappa shape index (κ2) is 4.49. The summed E-state index contributed by atoms with van der Waals surface area (Å²) in [6, 6.07) is 2.98. The molecule has 0 amide bonds. The molecule has 0 saturated heterocycles. The Morgan fingerprint density at radius 2 is 1.94 bits per heavy atom. The van der Waals surface area contributed by atoms with E-state index < -0.39 is 5.92 Å². The Kier molecular flexibility index (Phi) is 3.19. The Hall–Kier alpha value is -1.36. The maximum atomic E-state index is 13.9. The molecule has 94 valence electrons. The van der Waals surface area contributed by atoms with Gasteiger partial charge in [0, 0.05) is 18.5 Å². The molecule has 1 aromatic rings. The average molecular weight is 243 g/mol. The molecular formula is C12H15F2NO2. The number of hydrogen-bond acceptors (Lipinski definition) is 3. The van der Waals surface area contributed by atoms with Gasteiger partial charge in [-0.2, -0.15) is 0 Å². The molecule has 0 bridgehead atoms. The SMILES string of the molecule is CNCCC(F)(F)c1cc2c(cc1C)OCO2. The lowest BCUT2D eigenvalue weighted by atomic mass is 9.99. The number of fused-ring (bicyclic) bond motifs is 1. The van der Waals surface area contributed by atoms with Crippen molar-refractivity contribution in [3.05, 3.63) is 23.3 Å². The minimum Gasteiger partial charge on any atom is -0.454 e. The van der Waals surface area contributed by atoms with E-state index in [1.54, 1.807) is 20.0 Å². The van der Waals surface area contributed by atoms with Gasteiger partial charge in [0.05, 0.1) is 0 Å². The van der Waals surface area contributed by atoms with Crippen molar-refractivity contribution >= 4 is 0 Å². The van der Waals surface area contributed by atoms with Crippen molar-refractivity contribution in [2.24, 2.45) is 0 Å². The van der Waals surface area contributed by atoms with Crippen LogP contribution in [0.2, 0.25) is 0 Å².